The molecule has 0 radical (unpaired) electrons. The highest BCUT2D eigenvalue weighted by Gasteiger charge is 2.18. The number of para-hydroxylation sites is 1. The van der Waals surface area contributed by atoms with E-state index in [9.17, 15) is 4.79 Å². The summed E-state index contributed by atoms with van der Waals surface area (Å²) in [5.41, 5.74) is 3.86. The summed E-state index contributed by atoms with van der Waals surface area (Å²) in [5.74, 6) is 0.733. The highest BCUT2D eigenvalue weighted by Crippen LogP contribution is 2.29. The lowest BCUT2D eigenvalue weighted by molar-refractivity contribution is -0.113. The first-order valence-corrected chi connectivity index (χ1v) is 12.8. The second kappa shape index (κ2) is 10.4. The van der Waals surface area contributed by atoms with E-state index in [1.807, 2.05) is 48.5 Å². The Morgan fingerprint density at radius 1 is 1.09 bits per heavy atom. The van der Waals surface area contributed by atoms with E-state index in [4.69, 9.17) is 9.84 Å². The average molecular weight is 493 g/mol. The molecule has 1 aliphatic heterocycles. The van der Waals surface area contributed by atoms with Gasteiger partial charge >= 0.3 is 0 Å². The Morgan fingerprint density at radius 3 is 2.62 bits per heavy atom. The first-order chi connectivity index (χ1) is 16.7. The Hall–Kier alpha value is -3.21. The molecule has 2 aromatic carbocycles. The Morgan fingerprint density at radius 2 is 1.85 bits per heavy atom. The van der Waals surface area contributed by atoms with E-state index in [1.54, 1.807) is 4.68 Å². The molecule has 174 valence electrons. The number of amides is 1. The first kappa shape index (κ1) is 22.6. The molecule has 0 atom stereocenters. The molecule has 1 N–H and O–H groups in total. The minimum absolute atomic E-state index is 0.124. The van der Waals surface area contributed by atoms with Gasteiger partial charge in [0.2, 0.25) is 11.0 Å². The number of thioether (sulfide) groups is 1. The predicted molar refractivity (Wildman–Crippen MR) is 136 cm³/mol. The zero-order valence-corrected chi connectivity index (χ0v) is 20.3. The summed E-state index contributed by atoms with van der Waals surface area (Å²) < 4.78 is 7.92. The Balaban J connectivity index is 1.29. The Kier molecular flexibility index (Phi) is 6.89. The van der Waals surface area contributed by atoms with Gasteiger partial charge in [-0.3, -0.25) is 4.79 Å². The van der Waals surface area contributed by atoms with Gasteiger partial charge in [-0.05, 0) is 19.1 Å². The number of carbonyl (C=O) groups is 1. The van der Waals surface area contributed by atoms with Gasteiger partial charge in [-0.25, -0.2) is 4.68 Å². The van der Waals surface area contributed by atoms with E-state index in [0.717, 1.165) is 39.5 Å². The van der Waals surface area contributed by atoms with Crippen molar-refractivity contribution in [2.75, 3.05) is 42.3 Å². The molecule has 5 rings (SSSR count). The van der Waals surface area contributed by atoms with Gasteiger partial charge in [0.05, 0.1) is 30.3 Å². The van der Waals surface area contributed by atoms with Gasteiger partial charge in [0.25, 0.3) is 0 Å². The topological polar surface area (TPSA) is 85.2 Å². The number of hydrogen-bond acceptors (Lipinski definition) is 8. The Labute approximate surface area is 206 Å². The van der Waals surface area contributed by atoms with E-state index in [0.29, 0.717) is 19.0 Å². The molecule has 1 amide bonds. The van der Waals surface area contributed by atoms with Gasteiger partial charge < -0.3 is 15.0 Å². The SMILES string of the molecule is Cc1ccc(-c2cc(NC(=O)CSc3nnc(N4CCOCC4)s3)n(-c3ccccc3)n2)cc1. The highest BCUT2D eigenvalue weighted by molar-refractivity contribution is 8.01. The van der Waals surface area contributed by atoms with Crippen LogP contribution in [0.15, 0.2) is 65.0 Å². The molecule has 1 fully saturated rings. The molecule has 0 saturated carbocycles. The molecule has 4 aromatic rings. The van der Waals surface area contributed by atoms with Crippen LogP contribution in [0.5, 0.6) is 0 Å². The fourth-order valence-electron chi connectivity index (χ4n) is 3.55. The van der Waals surface area contributed by atoms with Crippen LogP contribution in [0.2, 0.25) is 0 Å². The lowest BCUT2D eigenvalue weighted by Crippen LogP contribution is -2.36. The number of hydrogen-bond donors (Lipinski definition) is 1. The molecule has 2 aromatic heterocycles. The number of ether oxygens (including phenoxy) is 1. The van der Waals surface area contributed by atoms with Crippen molar-refractivity contribution in [1.29, 1.82) is 0 Å². The number of anilines is 2. The quantitative estimate of drug-likeness (QED) is 0.386. The number of nitrogens with zero attached hydrogens (tertiary/aromatic N) is 5. The van der Waals surface area contributed by atoms with Crippen molar-refractivity contribution in [3.8, 4) is 16.9 Å². The average Bonchev–Trinajstić information content (AvgIpc) is 3.52. The maximum atomic E-state index is 12.8. The molecule has 8 nitrogen and oxygen atoms in total. The standard InChI is InChI=1S/C24H24N6O2S2/c1-17-7-9-18(10-8-17)20-15-21(30(28-20)19-5-3-2-4-6-19)25-22(31)16-33-24-27-26-23(34-24)29-11-13-32-14-12-29/h2-10,15H,11-14,16H2,1H3,(H,25,31). The van der Waals surface area contributed by atoms with Crippen molar-refractivity contribution < 1.29 is 9.53 Å². The molecular formula is C24H24N6O2S2. The second-order valence-corrected chi connectivity index (χ2v) is 9.99. The zero-order valence-electron chi connectivity index (χ0n) is 18.7. The largest absolute Gasteiger partial charge is 0.378 e. The van der Waals surface area contributed by atoms with Crippen LogP contribution < -0.4 is 10.2 Å². The van der Waals surface area contributed by atoms with Gasteiger partial charge in [0, 0.05) is 24.7 Å². The van der Waals surface area contributed by atoms with Crippen LogP contribution in [-0.2, 0) is 9.53 Å². The van der Waals surface area contributed by atoms with Crippen molar-refractivity contribution in [3.63, 3.8) is 0 Å². The Bertz CT molecular complexity index is 1250. The molecule has 0 aliphatic carbocycles. The van der Waals surface area contributed by atoms with Crippen LogP contribution in [0, 0.1) is 6.92 Å². The van der Waals surface area contributed by atoms with E-state index >= 15 is 0 Å². The summed E-state index contributed by atoms with van der Waals surface area (Å²) in [4.78, 5) is 15.0. The molecule has 1 saturated heterocycles. The number of aryl methyl sites for hydroxylation is 1. The van der Waals surface area contributed by atoms with Crippen LogP contribution >= 0.6 is 23.1 Å². The number of benzene rings is 2. The molecule has 34 heavy (non-hydrogen) atoms. The van der Waals surface area contributed by atoms with Crippen LogP contribution in [0.25, 0.3) is 16.9 Å². The summed E-state index contributed by atoms with van der Waals surface area (Å²) in [6.07, 6.45) is 0. The minimum Gasteiger partial charge on any atom is -0.378 e. The normalized spacial score (nSPS) is 13.7. The van der Waals surface area contributed by atoms with Gasteiger partial charge in [-0.15, -0.1) is 10.2 Å². The summed E-state index contributed by atoms with van der Waals surface area (Å²) in [6, 6.07) is 19.9. The van der Waals surface area contributed by atoms with Gasteiger partial charge in [-0.1, -0.05) is 71.1 Å². The second-order valence-electron chi connectivity index (χ2n) is 7.82. The van der Waals surface area contributed by atoms with Crippen molar-refractivity contribution >= 4 is 40.0 Å². The van der Waals surface area contributed by atoms with Crippen LogP contribution in [0.3, 0.4) is 0 Å². The van der Waals surface area contributed by atoms with E-state index in [2.05, 4.69) is 39.5 Å². The molecule has 0 spiro atoms. The first-order valence-electron chi connectivity index (χ1n) is 11.0. The number of nitrogens with one attached hydrogen (secondary N) is 1. The van der Waals surface area contributed by atoms with E-state index < -0.39 is 0 Å². The third kappa shape index (κ3) is 5.30. The number of carbonyl (C=O) groups excluding carboxylic acids is 1. The fraction of sp³-hybridized carbons (Fsp3) is 0.250. The molecule has 1 aliphatic rings. The smallest absolute Gasteiger partial charge is 0.235 e. The maximum Gasteiger partial charge on any atom is 0.235 e. The van der Waals surface area contributed by atoms with Crippen molar-refractivity contribution in [2.45, 2.75) is 11.3 Å². The molecule has 3 heterocycles. The summed E-state index contributed by atoms with van der Waals surface area (Å²) >= 11 is 2.89. The molecule has 0 unspecified atom stereocenters. The third-order valence-corrected chi connectivity index (χ3v) is 7.45. The van der Waals surface area contributed by atoms with Crippen LogP contribution in [0.1, 0.15) is 5.56 Å². The maximum absolute atomic E-state index is 12.8. The lowest BCUT2D eigenvalue weighted by atomic mass is 10.1. The fourth-order valence-corrected chi connectivity index (χ4v) is 5.24. The number of aromatic nitrogens is 4. The predicted octanol–water partition coefficient (Wildman–Crippen LogP) is 4.27. The van der Waals surface area contributed by atoms with E-state index in [-0.39, 0.29) is 11.7 Å². The summed E-state index contributed by atoms with van der Waals surface area (Å²) in [5, 5.41) is 17.2. The van der Waals surface area contributed by atoms with Crippen molar-refractivity contribution in [3.05, 3.63) is 66.2 Å². The van der Waals surface area contributed by atoms with Gasteiger partial charge in [0.15, 0.2) is 4.34 Å². The van der Waals surface area contributed by atoms with Crippen molar-refractivity contribution in [1.82, 2.24) is 20.0 Å². The van der Waals surface area contributed by atoms with Gasteiger partial charge in [-0.2, -0.15) is 5.10 Å². The summed E-state index contributed by atoms with van der Waals surface area (Å²) in [7, 11) is 0. The van der Waals surface area contributed by atoms with E-state index in [1.165, 1.54) is 28.7 Å². The highest BCUT2D eigenvalue weighted by atomic mass is 32.2. The minimum atomic E-state index is -0.124. The van der Waals surface area contributed by atoms with Crippen molar-refractivity contribution in [2.24, 2.45) is 0 Å². The van der Waals surface area contributed by atoms with Crippen LogP contribution in [0.4, 0.5) is 10.9 Å². The molecule has 0 bridgehead atoms. The number of rotatable bonds is 7. The number of morpholine rings is 1. The third-order valence-electron chi connectivity index (χ3n) is 5.33. The van der Waals surface area contributed by atoms with Gasteiger partial charge in [0.1, 0.15) is 5.82 Å². The van der Waals surface area contributed by atoms with Crippen LogP contribution in [-0.4, -0.2) is 57.9 Å². The monoisotopic (exact) mass is 492 g/mol. The summed E-state index contributed by atoms with van der Waals surface area (Å²) in [6.45, 7) is 5.07. The lowest BCUT2D eigenvalue weighted by Gasteiger charge is -2.25. The molecular weight excluding hydrogens is 468 g/mol. The molecule has 10 heteroatoms. The zero-order chi connectivity index (χ0) is 23.3.